The van der Waals surface area contributed by atoms with Gasteiger partial charge in [-0.05, 0) is 40.8 Å². The molecule has 1 N–H and O–H groups in total. The Bertz CT molecular complexity index is 993. The van der Waals surface area contributed by atoms with Crippen LogP contribution in [0.1, 0.15) is 23.5 Å². The second kappa shape index (κ2) is 8.70. The van der Waals surface area contributed by atoms with E-state index < -0.39 is 0 Å². The third kappa shape index (κ3) is 4.46. The van der Waals surface area contributed by atoms with Gasteiger partial charge in [-0.15, -0.1) is 0 Å². The molecular formula is C23H26ClN5. The first kappa shape index (κ1) is 19.5. The first-order valence-corrected chi connectivity index (χ1v) is 10.3. The van der Waals surface area contributed by atoms with Crippen molar-refractivity contribution in [1.82, 2.24) is 20.0 Å². The van der Waals surface area contributed by atoms with Gasteiger partial charge in [-0.3, -0.25) is 9.67 Å². The van der Waals surface area contributed by atoms with Crippen molar-refractivity contribution >= 4 is 17.6 Å². The number of guanidine groups is 1. The topological polar surface area (TPSA) is 45.5 Å². The molecule has 1 unspecified atom stereocenters. The molecule has 1 aromatic heterocycles. The normalized spacial score (nSPS) is 17.0. The van der Waals surface area contributed by atoms with E-state index in [2.05, 4.69) is 62.9 Å². The van der Waals surface area contributed by atoms with Gasteiger partial charge >= 0.3 is 0 Å². The van der Waals surface area contributed by atoms with Gasteiger partial charge in [0.15, 0.2) is 5.96 Å². The fourth-order valence-corrected chi connectivity index (χ4v) is 4.09. The molecule has 1 aliphatic rings. The molecule has 0 radical (unpaired) electrons. The Morgan fingerprint density at radius 1 is 1.21 bits per heavy atom. The SMILES string of the molecule is CN=C(NCc1ccccc1-c1ccc(Cl)cc1)N1CCC(c2cnn(C)c2)C1. The van der Waals surface area contributed by atoms with E-state index in [9.17, 15) is 0 Å². The summed E-state index contributed by atoms with van der Waals surface area (Å²) in [6.07, 6.45) is 5.22. The molecule has 0 aliphatic carbocycles. The summed E-state index contributed by atoms with van der Waals surface area (Å²) >= 11 is 6.05. The van der Waals surface area contributed by atoms with Crippen LogP contribution in [0.3, 0.4) is 0 Å². The summed E-state index contributed by atoms with van der Waals surface area (Å²) in [5, 5.41) is 8.62. The van der Waals surface area contributed by atoms with Gasteiger partial charge < -0.3 is 10.2 Å². The van der Waals surface area contributed by atoms with E-state index in [1.54, 1.807) is 0 Å². The van der Waals surface area contributed by atoms with Gasteiger partial charge in [0, 0.05) is 50.9 Å². The van der Waals surface area contributed by atoms with E-state index >= 15 is 0 Å². The summed E-state index contributed by atoms with van der Waals surface area (Å²) in [5.74, 6) is 1.45. The molecule has 3 aromatic rings. The molecule has 0 amide bonds. The van der Waals surface area contributed by atoms with Crippen molar-refractivity contribution < 1.29 is 0 Å². The standard InChI is InChI=1S/C23H26ClN5/c1-25-23(29-12-11-19(16-29)20-14-27-28(2)15-20)26-13-18-5-3-4-6-22(18)17-7-9-21(24)10-8-17/h3-10,14-15,19H,11-13,16H2,1-2H3,(H,25,26). The van der Waals surface area contributed by atoms with E-state index in [1.807, 2.05) is 37.1 Å². The number of nitrogens with zero attached hydrogens (tertiary/aromatic N) is 4. The van der Waals surface area contributed by atoms with Crippen LogP contribution in [-0.2, 0) is 13.6 Å². The summed E-state index contributed by atoms with van der Waals surface area (Å²) in [7, 11) is 3.82. The maximum absolute atomic E-state index is 6.05. The lowest BCUT2D eigenvalue weighted by Gasteiger charge is -2.22. The Hall–Kier alpha value is -2.79. The summed E-state index contributed by atoms with van der Waals surface area (Å²) < 4.78 is 1.87. The van der Waals surface area contributed by atoms with Gasteiger partial charge in [0.25, 0.3) is 0 Å². The van der Waals surface area contributed by atoms with E-state index in [4.69, 9.17) is 11.6 Å². The molecule has 2 heterocycles. The highest BCUT2D eigenvalue weighted by Crippen LogP contribution is 2.27. The summed E-state index contributed by atoms with van der Waals surface area (Å²) in [4.78, 5) is 6.86. The number of aliphatic imine (C=N–C) groups is 1. The van der Waals surface area contributed by atoms with Crippen molar-refractivity contribution in [2.45, 2.75) is 18.9 Å². The van der Waals surface area contributed by atoms with Crippen LogP contribution in [0.25, 0.3) is 11.1 Å². The minimum Gasteiger partial charge on any atom is -0.352 e. The molecule has 29 heavy (non-hydrogen) atoms. The number of likely N-dealkylation sites (tertiary alicyclic amines) is 1. The van der Waals surface area contributed by atoms with Crippen LogP contribution < -0.4 is 5.32 Å². The largest absolute Gasteiger partial charge is 0.352 e. The monoisotopic (exact) mass is 407 g/mol. The molecule has 0 spiro atoms. The summed E-state index contributed by atoms with van der Waals surface area (Å²) in [6.45, 7) is 2.68. The number of hydrogen-bond acceptors (Lipinski definition) is 2. The first-order valence-electron chi connectivity index (χ1n) is 9.92. The van der Waals surface area contributed by atoms with Gasteiger partial charge in [0.2, 0.25) is 0 Å². The fraction of sp³-hybridized carbons (Fsp3) is 0.304. The maximum Gasteiger partial charge on any atom is 0.193 e. The third-order valence-corrected chi connectivity index (χ3v) is 5.76. The van der Waals surface area contributed by atoms with Gasteiger partial charge in [-0.25, -0.2) is 0 Å². The van der Waals surface area contributed by atoms with Gasteiger partial charge in [-0.2, -0.15) is 5.10 Å². The van der Waals surface area contributed by atoms with Gasteiger partial charge in [0.05, 0.1) is 6.20 Å². The molecular weight excluding hydrogens is 382 g/mol. The zero-order valence-corrected chi connectivity index (χ0v) is 17.6. The van der Waals surface area contributed by atoms with Crippen molar-refractivity contribution in [2.24, 2.45) is 12.0 Å². The highest BCUT2D eigenvalue weighted by Gasteiger charge is 2.26. The van der Waals surface area contributed by atoms with Crippen LogP contribution in [0.5, 0.6) is 0 Å². The second-order valence-corrected chi connectivity index (χ2v) is 7.88. The molecule has 1 atom stereocenters. The van der Waals surface area contributed by atoms with Gasteiger partial charge in [0.1, 0.15) is 0 Å². The molecule has 0 saturated carbocycles. The average molecular weight is 408 g/mol. The Kier molecular flexibility index (Phi) is 5.86. The van der Waals surface area contributed by atoms with Crippen molar-refractivity contribution in [3.63, 3.8) is 0 Å². The van der Waals surface area contributed by atoms with Crippen LogP contribution >= 0.6 is 11.6 Å². The Balaban J connectivity index is 1.44. The Morgan fingerprint density at radius 2 is 2.00 bits per heavy atom. The summed E-state index contributed by atoms with van der Waals surface area (Å²) in [6, 6.07) is 16.5. The molecule has 0 bridgehead atoms. The minimum absolute atomic E-state index is 0.503. The minimum atomic E-state index is 0.503. The lowest BCUT2D eigenvalue weighted by atomic mass is 10.00. The molecule has 4 rings (SSSR count). The van der Waals surface area contributed by atoms with Gasteiger partial charge in [-0.1, -0.05) is 48.0 Å². The first-order chi connectivity index (χ1) is 14.1. The van der Waals surface area contributed by atoms with E-state index in [1.165, 1.54) is 22.3 Å². The number of halogens is 1. The average Bonchev–Trinajstić information content (AvgIpc) is 3.39. The molecule has 1 aliphatic heterocycles. The number of aromatic nitrogens is 2. The molecule has 6 heteroatoms. The van der Waals surface area contributed by atoms with E-state index in [-0.39, 0.29) is 0 Å². The number of hydrogen-bond donors (Lipinski definition) is 1. The predicted molar refractivity (Wildman–Crippen MR) is 119 cm³/mol. The van der Waals surface area contributed by atoms with E-state index in [0.29, 0.717) is 5.92 Å². The lowest BCUT2D eigenvalue weighted by molar-refractivity contribution is 0.486. The molecule has 150 valence electrons. The van der Waals surface area contributed by atoms with Crippen LogP contribution in [0.4, 0.5) is 0 Å². The van der Waals surface area contributed by atoms with Crippen molar-refractivity contribution in [3.05, 3.63) is 77.1 Å². The second-order valence-electron chi connectivity index (χ2n) is 7.44. The highest BCUT2D eigenvalue weighted by atomic mass is 35.5. The van der Waals surface area contributed by atoms with Crippen molar-refractivity contribution in [2.75, 3.05) is 20.1 Å². The molecule has 1 saturated heterocycles. The smallest absolute Gasteiger partial charge is 0.193 e. The van der Waals surface area contributed by atoms with Crippen LogP contribution in [0.15, 0.2) is 65.9 Å². The van der Waals surface area contributed by atoms with E-state index in [0.717, 1.165) is 37.0 Å². The molecule has 1 fully saturated rings. The zero-order chi connectivity index (χ0) is 20.2. The number of rotatable bonds is 4. The van der Waals surface area contributed by atoms with Crippen LogP contribution in [0, 0.1) is 0 Å². The highest BCUT2D eigenvalue weighted by molar-refractivity contribution is 6.30. The zero-order valence-electron chi connectivity index (χ0n) is 16.8. The number of aryl methyl sites for hydroxylation is 1. The fourth-order valence-electron chi connectivity index (χ4n) is 3.97. The molecule has 5 nitrogen and oxygen atoms in total. The summed E-state index contributed by atoms with van der Waals surface area (Å²) in [5.41, 5.74) is 4.92. The number of benzene rings is 2. The number of nitrogens with one attached hydrogen (secondary N) is 1. The Morgan fingerprint density at radius 3 is 2.72 bits per heavy atom. The predicted octanol–water partition coefficient (Wildman–Crippen LogP) is 4.31. The maximum atomic E-state index is 6.05. The molecule has 2 aromatic carbocycles. The van der Waals surface area contributed by atoms with Crippen LogP contribution in [0.2, 0.25) is 5.02 Å². The van der Waals surface area contributed by atoms with Crippen LogP contribution in [-0.4, -0.2) is 40.8 Å². The lowest BCUT2D eigenvalue weighted by Crippen LogP contribution is -2.39. The van der Waals surface area contributed by atoms with Crippen molar-refractivity contribution in [3.8, 4) is 11.1 Å². The Labute approximate surface area is 177 Å². The third-order valence-electron chi connectivity index (χ3n) is 5.51. The quantitative estimate of drug-likeness (QED) is 0.518. The van der Waals surface area contributed by atoms with Crippen molar-refractivity contribution in [1.29, 1.82) is 0 Å².